The predicted molar refractivity (Wildman–Crippen MR) is 56.1 cm³/mol. The van der Waals surface area contributed by atoms with Crippen LogP contribution in [0.4, 0.5) is 17.6 Å². The second-order valence-electron chi connectivity index (χ2n) is 3.70. The second-order valence-corrected chi connectivity index (χ2v) is 3.70. The molecule has 0 radical (unpaired) electrons. The Morgan fingerprint density at radius 2 is 1.83 bits per heavy atom. The van der Waals surface area contributed by atoms with Crippen LogP contribution in [-0.2, 0) is 6.18 Å². The van der Waals surface area contributed by atoms with Crippen LogP contribution < -0.4 is 5.73 Å². The van der Waals surface area contributed by atoms with Crippen molar-refractivity contribution in [2.24, 2.45) is 5.73 Å². The summed E-state index contributed by atoms with van der Waals surface area (Å²) in [4.78, 5) is 0. The zero-order chi connectivity index (χ0) is 13.3. The third-order valence-electron chi connectivity index (χ3n) is 2.52. The van der Waals surface area contributed by atoms with Gasteiger partial charge in [0.15, 0.2) is 0 Å². The van der Waals surface area contributed by atoms with Crippen LogP contribution >= 0.6 is 0 Å². The van der Waals surface area contributed by atoms with Crippen molar-refractivity contribution in [1.82, 2.24) is 0 Å². The van der Waals surface area contributed by atoms with Gasteiger partial charge in [-0.1, -0.05) is 12.1 Å². The van der Waals surface area contributed by atoms with E-state index < -0.39 is 23.6 Å². The Balaban J connectivity index is 2.47. The van der Waals surface area contributed by atoms with Crippen molar-refractivity contribution in [2.45, 2.75) is 12.2 Å². The molecule has 0 fully saturated rings. The largest absolute Gasteiger partial charge is 0.467 e. The molecule has 0 aliphatic carbocycles. The summed E-state index contributed by atoms with van der Waals surface area (Å²) in [7, 11) is 0. The third-order valence-corrected chi connectivity index (χ3v) is 2.52. The number of benzene rings is 1. The lowest BCUT2D eigenvalue weighted by molar-refractivity contribution is -0.140. The molecule has 96 valence electrons. The molecule has 0 saturated carbocycles. The Hall–Kier alpha value is -1.82. The molecule has 2 nitrogen and oxygen atoms in total. The van der Waals surface area contributed by atoms with E-state index >= 15 is 0 Å². The summed E-state index contributed by atoms with van der Waals surface area (Å²) in [5.74, 6) is -1.16. The first-order valence-electron chi connectivity index (χ1n) is 5.06. The summed E-state index contributed by atoms with van der Waals surface area (Å²) >= 11 is 0. The lowest BCUT2D eigenvalue weighted by Gasteiger charge is -2.14. The summed E-state index contributed by atoms with van der Waals surface area (Å²) in [6.07, 6.45) is -3.43. The fourth-order valence-electron chi connectivity index (χ4n) is 1.63. The van der Waals surface area contributed by atoms with E-state index in [1.54, 1.807) is 0 Å². The van der Waals surface area contributed by atoms with E-state index in [1.807, 2.05) is 0 Å². The average Bonchev–Trinajstić information content (AvgIpc) is 2.80. The maximum absolute atomic E-state index is 13.8. The smallest absolute Gasteiger partial charge is 0.419 e. The highest BCUT2D eigenvalue weighted by molar-refractivity contribution is 5.33. The Bertz CT molecular complexity index is 534. The minimum Gasteiger partial charge on any atom is -0.467 e. The number of alkyl halides is 3. The van der Waals surface area contributed by atoms with Gasteiger partial charge in [0, 0.05) is 5.56 Å². The van der Waals surface area contributed by atoms with Gasteiger partial charge >= 0.3 is 6.18 Å². The normalized spacial score (nSPS) is 13.6. The van der Waals surface area contributed by atoms with Crippen molar-refractivity contribution in [2.75, 3.05) is 0 Å². The Kier molecular flexibility index (Phi) is 3.13. The molecule has 0 aliphatic rings. The molecule has 0 saturated heterocycles. The van der Waals surface area contributed by atoms with Gasteiger partial charge in [0.25, 0.3) is 0 Å². The third kappa shape index (κ3) is 2.24. The van der Waals surface area contributed by atoms with E-state index in [1.165, 1.54) is 24.5 Å². The molecule has 6 heteroatoms. The van der Waals surface area contributed by atoms with Crippen molar-refractivity contribution in [1.29, 1.82) is 0 Å². The molecule has 1 unspecified atom stereocenters. The Labute approximate surface area is 100 Å². The minimum atomic E-state index is -4.75. The monoisotopic (exact) mass is 259 g/mol. The van der Waals surface area contributed by atoms with Crippen molar-refractivity contribution in [3.63, 3.8) is 0 Å². The molecule has 1 aromatic heterocycles. The minimum absolute atomic E-state index is 0.202. The van der Waals surface area contributed by atoms with E-state index in [-0.39, 0.29) is 11.3 Å². The first kappa shape index (κ1) is 12.6. The van der Waals surface area contributed by atoms with Crippen LogP contribution in [0, 0.1) is 5.82 Å². The van der Waals surface area contributed by atoms with Crippen LogP contribution in [-0.4, -0.2) is 0 Å². The topological polar surface area (TPSA) is 39.2 Å². The van der Waals surface area contributed by atoms with Gasteiger partial charge in [-0.15, -0.1) is 0 Å². The summed E-state index contributed by atoms with van der Waals surface area (Å²) in [6, 6.07) is 4.93. The standard InChI is InChI=1S/C12H9F4NO/c13-10-7(11(17)9-5-2-6-18-9)3-1-4-8(10)12(14,15)16/h1-6,11H,17H2. The molecular formula is C12H9F4NO. The predicted octanol–water partition coefficient (Wildman–Crippen LogP) is 3.49. The number of hydrogen-bond donors (Lipinski definition) is 1. The van der Waals surface area contributed by atoms with E-state index in [0.29, 0.717) is 6.07 Å². The summed E-state index contributed by atoms with van der Waals surface area (Å²) in [5.41, 5.74) is 4.09. The molecule has 1 heterocycles. The zero-order valence-electron chi connectivity index (χ0n) is 9.04. The first-order chi connectivity index (χ1) is 8.41. The summed E-state index contributed by atoms with van der Waals surface area (Å²) in [5, 5.41) is 0. The van der Waals surface area contributed by atoms with Gasteiger partial charge < -0.3 is 10.2 Å². The molecule has 2 aromatic rings. The number of nitrogens with two attached hydrogens (primary N) is 1. The van der Waals surface area contributed by atoms with Gasteiger partial charge in [-0.25, -0.2) is 4.39 Å². The maximum Gasteiger partial charge on any atom is 0.419 e. The molecule has 0 amide bonds. The van der Waals surface area contributed by atoms with E-state index in [2.05, 4.69) is 0 Å². The number of hydrogen-bond acceptors (Lipinski definition) is 2. The highest BCUT2D eigenvalue weighted by Gasteiger charge is 2.35. The van der Waals surface area contributed by atoms with Crippen LogP contribution in [0.25, 0.3) is 0 Å². The van der Waals surface area contributed by atoms with Crippen LogP contribution in [0.3, 0.4) is 0 Å². The van der Waals surface area contributed by atoms with Gasteiger partial charge in [0.05, 0.1) is 17.9 Å². The number of rotatable bonds is 2. The average molecular weight is 259 g/mol. The summed E-state index contributed by atoms with van der Waals surface area (Å²) in [6.45, 7) is 0. The molecule has 0 aliphatic heterocycles. The van der Waals surface area contributed by atoms with Crippen LogP contribution in [0.15, 0.2) is 41.0 Å². The second kappa shape index (κ2) is 4.45. The van der Waals surface area contributed by atoms with Gasteiger partial charge in [0.1, 0.15) is 11.6 Å². The molecule has 1 atom stereocenters. The molecule has 2 rings (SSSR count). The lowest BCUT2D eigenvalue weighted by atomic mass is 10.0. The number of furan rings is 1. The number of halogens is 4. The molecular weight excluding hydrogens is 250 g/mol. The Morgan fingerprint density at radius 3 is 2.39 bits per heavy atom. The Morgan fingerprint density at radius 1 is 1.11 bits per heavy atom. The first-order valence-corrected chi connectivity index (χ1v) is 5.06. The fraction of sp³-hybridized carbons (Fsp3) is 0.167. The molecule has 1 aromatic carbocycles. The zero-order valence-corrected chi connectivity index (χ0v) is 9.04. The fourth-order valence-corrected chi connectivity index (χ4v) is 1.63. The molecule has 0 bridgehead atoms. The molecule has 18 heavy (non-hydrogen) atoms. The van der Waals surface area contributed by atoms with E-state index in [0.717, 1.165) is 6.07 Å². The highest BCUT2D eigenvalue weighted by Crippen LogP contribution is 2.34. The van der Waals surface area contributed by atoms with Crippen molar-refractivity contribution in [3.05, 3.63) is 59.3 Å². The van der Waals surface area contributed by atoms with Gasteiger partial charge in [0.2, 0.25) is 0 Å². The van der Waals surface area contributed by atoms with Gasteiger partial charge in [-0.2, -0.15) is 13.2 Å². The van der Waals surface area contributed by atoms with Crippen LogP contribution in [0.5, 0.6) is 0 Å². The van der Waals surface area contributed by atoms with Crippen molar-refractivity contribution in [3.8, 4) is 0 Å². The van der Waals surface area contributed by atoms with Crippen molar-refractivity contribution < 1.29 is 22.0 Å². The van der Waals surface area contributed by atoms with E-state index in [9.17, 15) is 17.6 Å². The van der Waals surface area contributed by atoms with Gasteiger partial charge in [-0.05, 0) is 18.2 Å². The molecule has 2 N–H and O–H groups in total. The maximum atomic E-state index is 13.8. The van der Waals surface area contributed by atoms with Gasteiger partial charge in [-0.3, -0.25) is 0 Å². The van der Waals surface area contributed by atoms with Crippen LogP contribution in [0.2, 0.25) is 0 Å². The lowest BCUT2D eigenvalue weighted by Crippen LogP contribution is -2.16. The van der Waals surface area contributed by atoms with Crippen molar-refractivity contribution >= 4 is 0 Å². The quantitative estimate of drug-likeness (QED) is 0.838. The summed E-state index contributed by atoms with van der Waals surface area (Å²) < 4.78 is 56.3. The van der Waals surface area contributed by atoms with Crippen LogP contribution in [0.1, 0.15) is 22.9 Å². The molecule has 0 spiro atoms. The highest BCUT2D eigenvalue weighted by atomic mass is 19.4. The SMILES string of the molecule is NC(c1ccco1)c1cccc(C(F)(F)F)c1F. The van der Waals surface area contributed by atoms with E-state index in [4.69, 9.17) is 10.2 Å².